The lowest BCUT2D eigenvalue weighted by Crippen LogP contribution is -2.50. The Morgan fingerprint density at radius 2 is 2.08 bits per heavy atom. The largest absolute Gasteiger partial charge is 0.379 e. The van der Waals surface area contributed by atoms with E-state index < -0.39 is 0 Å². The zero-order valence-electron chi connectivity index (χ0n) is 16.1. The van der Waals surface area contributed by atoms with E-state index in [1.165, 1.54) is 0 Å². The third-order valence-corrected chi connectivity index (χ3v) is 5.25. The Morgan fingerprint density at radius 3 is 2.81 bits per heavy atom. The van der Waals surface area contributed by atoms with Crippen molar-refractivity contribution in [3.05, 3.63) is 11.6 Å². The molecule has 2 N–H and O–H groups in total. The molecule has 0 aromatic carbocycles. The van der Waals surface area contributed by atoms with E-state index in [1.807, 2.05) is 14.0 Å². The topological polar surface area (TPSA) is 79.6 Å². The molecule has 0 amide bonds. The minimum Gasteiger partial charge on any atom is -0.379 e. The van der Waals surface area contributed by atoms with Crippen LogP contribution in [0.4, 0.5) is 0 Å². The standard InChI is InChI=1S/C17H31N7O.HI/c1-13(23-6-8-25-9-7-23)10-19-17(18-3)20-11-15-4-5-16-22-21-14(2)24(16)12-15;/h13,15H,4-12H2,1-3H3,(H2,18,19,20);1H. The van der Waals surface area contributed by atoms with Gasteiger partial charge in [0.25, 0.3) is 0 Å². The zero-order valence-corrected chi connectivity index (χ0v) is 18.4. The van der Waals surface area contributed by atoms with Gasteiger partial charge in [-0.25, -0.2) is 0 Å². The first-order valence-corrected chi connectivity index (χ1v) is 9.32. The van der Waals surface area contributed by atoms with Crippen LogP contribution in [0.5, 0.6) is 0 Å². The summed E-state index contributed by atoms with van der Waals surface area (Å²) < 4.78 is 7.66. The van der Waals surface area contributed by atoms with Crippen LogP contribution in [0.15, 0.2) is 4.99 Å². The molecule has 3 heterocycles. The Labute approximate surface area is 173 Å². The number of halogens is 1. The van der Waals surface area contributed by atoms with Crippen LogP contribution in [-0.4, -0.2) is 78.1 Å². The molecule has 8 nitrogen and oxygen atoms in total. The third-order valence-electron chi connectivity index (χ3n) is 5.25. The van der Waals surface area contributed by atoms with Crippen molar-refractivity contribution in [2.24, 2.45) is 10.9 Å². The molecular formula is C17H32IN7O. The van der Waals surface area contributed by atoms with Crippen molar-refractivity contribution < 1.29 is 4.74 Å². The first kappa shape index (κ1) is 21.4. The number of aryl methyl sites for hydroxylation is 2. The van der Waals surface area contributed by atoms with Gasteiger partial charge in [0.2, 0.25) is 0 Å². The van der Waals surface area contributed by atoms with Crippen LogP contribution in [0.1, 0.15) is 25.0 Å². The maximum absolute atomic E-state index is 5.42. The van der Waals surface area contributed by atoms with Crippen LogP contribution in [0, 0.1) is 12.8 Å². The summed E-state index contributed by atoms with van der Waals surface area (Å²) in [4.78, 5) is 6.82. The highest BCUT2D eigenvalue weighted by atomic mass is 127. The molecule has 3 rings (SSSR count). The van der Waals surface area contributed by atoms with Crippen LogP contribution >= 0.6 is 24.0 Å². The van der Waals surface area contributed by atoms with Gasteiger partial charge < -0.3 is 19.9 Å². The van der Waals surface area contributed by atoms with E-state index in [4.69, 9.17) is 4.74 Å². The number of nitrogens with one attached hydrogen (secondary N) is 2. The van der Waals surface area contributed by atoms with E-state index in [1.54, 1.807) is 0 Å². The monoisotopic (exact) mass is 477 g/mol. The second-order valence-electron chi connectivity index (χ2n) is 7.01. The summed E-state index contributed by atoms with van der Waals surface area (Å²) in [5.41, 5.74) is 0. The number of ether oxygens (including phenoxy) is 1. The second kappa shape index (κ2) is 10.4. The number of hydrogen-bond donors (Lipinski definition) is 2. The highest BCUT2D eigenvalue weighted by molar-refractivity contribution is 14.0. The van der Waals surface area contributed by atoms with Gasteiger partial charge in [0.1, 0.15) is 11.6 Å². The molecule has 0 bridgehead atoms. The summed E-state index contributed by atoms with van der Waals surface area (Å²) in [6.07, 6.45) is 2.15. The summed E-state index contributed by atoms with van der Waals surface area (Å²) in [5, 5.41) is 15.4. The van der Waals surface area contributed by atoms with Crippen molar-refractivity contribution in [3.63, 3.8) is 0 Å². The fourth-order valence-corrected chi connectivity index (χ4v) is 3.55. The van der Waals surface area contributed by atoms with Crippen LogP contribution in [0.25, 0.3) is 0 Å². The van der Waals surface area contributed by atoms with Crippen molar-refractivity contribution in [2.75, 3.05) is 46.4 Å². The Morgan fingerprint density at radius 1 is 1.31 bits per heavy atom. The molecule has 1 aromatic heterocycles. The highest BCUT2D eigenvalue weighted by Gasteiger charge is 2.22. The van der Waals surface area contributed by atoms with Crippen LogP contribution < -0.4 is 10.6 Å². The maximum atomic E-state index is 5.42. The predicted molar refractivity (Wildman–Crippen MR) is 113 cm³/mol. The number of fused-ring (bicyclic) bond motifs is 1. The highest BCUT2D eigenvalue weighted by Crippen LogP contribution is 2.19. The summed E-state index contributed by atoms with van der Waals surface area (Å²) in [6, 6.07) is 0.472. The number of rotatable bonds is 5. The lowest BCUT2D eigenvalue weighted by Gasteiger charge is -2.32. The normalized spacial score (nSPS) is 22.3. The molecule has 1 fully saturated rings. The minimum atomic E-state index is 0. The lowest BCUT2D eigenvalue weighted by molar-refractivity contribution is 0.0211. The first-order valence-electron chi connectivity index (χ1n) is 9.32. The summed E-state index contributed by atoms with van der Waals surface area (Å²) in [5.74, 6) is 3.60. The SMILES string of the molecule is CN=C(NCC1CCc2nnc(C)n2C1)NCC(C)N1CCOCC1.I. The number of guanidine groups is 1. The van der Waals surface area contributed by atoms with Gasteiger partial charge in [-0.3, -0.25) is 9.89 Å². The van der Waals surface area contributed by atoms with Crippen LogP contribution in [0.2, 0.25) is 0 Å². The van der Waals surface area contributed by atoms with Gasteiger partial charge in [0.15, 0.2) is 5.96 Å². The summed E-state index contributed by atoms with van der Waals surface area (Å²) in [7, 11) is 1.83. The van der Waals surface area contributed by atoms with E-state index in [2.05, 4.69) is 42.2 Å². The Hall–Kier alpha value is -0.940. The number of aliphatic imine (C=N–C) groups is 1. The third kappa shape index (κ3) is 5.53. The van der Waals surface area contributed by atoms with Crippen molar-refractivity contribution >= 4 is 29.9 Å². The molecule has 1 aromatic rings. The molecule has 0 aliphatic carbocycles. The Balaban J connectivity index is 0.00000243. The lowest BCUT2D eigenvalue weighted by atomic mass is 9.99. The van der Waals surface area contributed by atoms with E-state index >= 15 is 0 Å². The van der Waals surface area contributed by atoms with Gasteiger partial charge in [-0.1, -0.05) is 0 Å². The van der Waals surface area contributed by atoms with E-state index in [0.29, 0.717) is 12.0 Å². The molecule has 1 saturated heterocycles. The molecule has 2 aliphatic heterocycles. The maximum Gasteiger partial charge on any atom is 0.191 e. The molecule has 2 aliphatic rings. The van der Waals surface area contributed by atoms with Crippen molar-refractivity contribution in [1.82, 2.24) is 30.3 Å². The van der Waals surface area contributed by atoms with Crippen molar-refractivity contribution in [3.8, 4) is 0 Å². The van der Waals surface area contributed by atoms with Gasteiger partial charge in [-0.05, 0) is 26.2 Å². The van der Waals surface area contributed by atoms with Crippen LogP contribution in [-0.2, 0) is 17.7 Å². The van der Waals surface area contributed by atoms with E-state index in [9.17, 15) is 0 Å². The van der Waals surface area contributed by atoms with Gasteiger partial charge in [0, 0.05) is 52.2 Å². The minimum absolute atomic E-state index is 0. The van der Waals surface area contributed by atoms with Gasteiger partial charge in [0.05, 0.1) is 13.2 Å². The average Bonchev–Trinajstić information content (AvgIpc) is 3.03. The Kier molecular flexibility index (Phi) is 8.55. The van der Waals surface area contributed by atoms with Crippen molar-refractivity contribution in [1.29, 1.82) is 0 Å². The molecule has 2 atom stereocenters. The number of nitrogens with zero attached hydrogens (tertiary/aromatic N) is 5. The molecule has 148 valence electrons. The molecule has 2 unspecified atom stereocenters. The molecular weight excluding hydrogens is 445 g/mol. The van der Waals surface area contributed by atoms with Gasteiger partial charge in [-0.15, -0.1) is 34.2 Å². The van der Waals surface area contributed by atoms with E-state index in [-0.39, 0.29) is 24.0 Å². The molecule has 0 spiro atoms. The van der Waals surface area contributed by atoms with Gasteiger partial charge >= 0.3 is 0 Å². The van der Waals surface area contributed by atoms with Gasteiger partial charge in [-0.2, -0.15) is 0 Å². The predicted octanol–water partition coefficient (Wildman–Crippen LogP) is 0.653. The number of morpholine rings is 1. The fourth-order valence-electron chi connectivity index (χ4n) is 3.55. The number of hydrogen-bond acceptors (Lipinski definition) is 5. The quantitative estimate of drug-likeness (QED) is 0.369. The van der Waals surface area contributed by atoms with Crippen LogP contribution in [0.3, 0.4) is 0 Å². The number of aromatic nitrogens is 3. The van der Waals surface area contributed by atoms with Crippen molar-refractivity contribution in [2.45, 2.75) is 39.3 Å². The summed E-state index contributed by atoms with van der Waals surface area (Å²) >= 11 is 0. The average molecular weight is 477 g/mol. The molecule has 26 heavy (non-hydrogen) atoms. The molecule has 9 heteroatoms. The smallest absolute Gasteiger partial charge is 0.191 e. The molecule has 0 saturated carbocycles. The second-order valence-corrected chi connectivity index (χ2v) is 7.01. The summed E-state index contributed by atoms with van der Waals surface area (Å²) in [6.45, 7) is 10.8. The van der Waals surface area contributed by atoms with E-state index in [0.717, 1.165) is 76.4 Å². The Bertz CT molecular complexity index is 586. The first-order chi connectivity index (χ1) is 12.2. The fraction of sp³-hybridized carbons (Fsp3) is 0.824. The molecule has 0 radical (unpaired) electrons. The zero-order chi connectivity index (χ0) is 17.6.